The molecule has 5 heteroatoms. The molecule has 0 aliphatic rings. The molecule has 0 saturated heterocycles. The van der Waals surface area contributed by atoms with E-state index in [1.807, 2.05) is 0 Å². The van der Waals surface area contributed by atoms with Gasteiger partial charge in [-0.3, -0.25) is 4.98 Å². The SMILES string of the molecule is CCCCCCCCC=CCCCCC(CCC)n1[nH]c(=O)[nH]c1=O. The highest BCUT2D eigenvalue weighted by atomic mass is 16.2. The van der Waals surface area contributed by atoms with Crippen LogP contribution in [0.25, 0.3) is 0 Å². The average molecular weight is 352 g/mol. The molecule has 1 aromatic heterocycles. The fourth-order valence-corrected chi connectivity index (χ4v) is 3.26. The van der Waals surface area contributed by atoms with Crippen LogP contribution >= 0.6 is 0 Å². The lowest BCUT2D eigenvalue weighted by Crippen LogP contribution is -2.23. The first-order valence-corrected chi connectivity index (χ1v) is 10.2. The third kappa shape index (κ3) is 9.51. The molecule has 144 valence electrons. The summed E-state index contributed by atoms with van der Waals surface area (Å²) >= 11 is 0. The smallest absolute Gasteiger partial charge is 0.257 e. The first-order chi connectivity index (χ1) is 12.2. The van der Waals surface area contributed by atoms with Crippen LogP contribution in [0.4, 0.5) is 0 Å². The number of nitrogens with one attached hydrogen (secondary N) is 2. The van der Waals surface area contributed by atoms with Gasteiger partial charge in [-0.15, -0.1) is 0 Å². The maximum absolute atomic E-state index is 11.7. The molecule has 0 spiro atoms. The molecule has 1 unspecified atom stereocenters. The van der Waals surface area contributed by atoms with Crippen molar-refractivity contribution in [2.45, 2.75) is 103 Å². The van der Waals surface area contributed by atoms with E-state index in [9.17, 15) is 9.59 Å². The van der Waals surface area contributed by atoms with Crippen LogP contribution in [-0.2, 0) is 0 Å². The largest absolute Gasteiger partial charge is 0.344 e. The highest BCUT2D eigenvalue weighted by Gasteiger charge is 2.13. The van der Waals surface area contributed by atoms with Crippen LogP contribution in [-0.4, -0.2) is 14.8 Å². The van der Waals surface area contributed by atoms with Gasteiger partial charge in [0.05, 0.1) is 6.04 Å². The molecule has 1 atom stereocenters. The lowest BCUT2D eigenvalue weighted by molar-refractivity contribution is 0.371. The Kier molecular flexibility index (Phi) is 11.8. The van der Waals surface area contributed by atoms with Gasteiger partial charge in [0.2, 0.25) is 0 Å². The number of rotatable bonds is 15. The third-order valence-electron chi connectivity index (χ3n) is 4.70. The molecule has 1 heterocycles. The summed E-state index contributed by atoms with van der Waals surface area (Å²) in [6, 6.07) is 0.101. The van der Waals surface area contributed by atoms with Crippen LogP contribution in [0.3, 0.4) is 0 Å². The number of hydrogen-bond acceptors (Lipinski definition) is 2. The van der Waals surface area contributed by atoms with Crippen LogP contribution in [0.1, 0.15) is 103 Å². The van der Waals surface area contributed by atoms with Gasteiger partial charge < -0.3 is 0 Å². The summed E-state index contributed by atoms with van der Waals surface area (Å²) in [6.07, 6.45) is 20.1. The second-order valence-electron chi connectivity index (χ2n) is 7.00. The predicted octanol–water partition coefficient (Wildman–Crippen LogP) is 5.07. The first-order valence-electron chi connectivity index (χ1n) is 10.2. The van der Waals surface area contributed by atoms with E-state index in [0.717, 1.165) is 38.5 Å². The summed E-state index contributed by atoms with van der Waals surface area (Å²) in [5.74, 6) is 0. The Hall–Kier alpha value is -1.52. The van der Waals surface area contributed by atoms with Crippen molar-refractivity contribution in [3.8, 4) is 0 Å². The molecular weight excluding hydrogens is 314 g/mol. The van der Waals surface area contributed by atoms with Crippen molar-refractivity contribution < 1.29 is 0 Å². The molecular formula is C20H37N3O2. The maximum Gasteiger partial charge on any atom is 0.344 e. The summed E-state index contributed by atoms with van der Waals surface area (Å²) in [5.41, 5.74) is -0.731. The maximum atomic E-state index is 11.7. The monoisotopic (exact) mass is 351 g/mol. The molecule has 25 heavy (non-hydrogen) atoms. The van der Waals surface area contributed by atoms with Crippen molar-refractivity contribution in [2.24, 2.45) is 0 Å². The van der Waals surface area contributed by atoms with Crippen LogP contribution < -0.4 is 11.4 Å². The minimum atomic E-state index is -0.413. The highest BCUT2D eigenvalue weighted by molar-refractivity contribution is 4.81. The average Bonchev–Trinajstić information content (AvgIpc) is 2.93. The molecule has 1 rings (SSSR count). The summed E-state index contributed by atoms with van der Waals surface area (Å²) in [7, 11) is 0. The highest BCUT2D eigenvalue weighted by Crippen LogP contribution is 2.18. The topological polar surface area (TPSA) is 70.7 Å². The van der Waals surface area contributed by atoms with Gasteiger partial charge in [0.1, 0.15) is 0 Å². The van der Waals surface area contributed by atoms with E-state index >= 15 is 0 Å². The molecule has 0 amide bonds. The summed E-state index contributed by atoms with van der Waals surface area (Å²) < 4.78 is 1.47. The number of unbranched alkanes of at least 4 members (excludes halogenated alkanes) is 8. The molecule has 0 aliphatic carbocycles. The normalized spacial score (nSPS) is 12.9. The summed E-state index contributed by atoms with van der Waals surface area (Å²) in [6.45, 7) is 4.36. The van der Waals surface area contributed by atoms with Gasteiger partial charge in [-0.1, -0.05) is 70.9 Å². The Morgan fingerprint density at radius 3 is 2.08 bits per heavy atom. The zero-order valence-electron chi connectivity index (χ0n) is 16.2. The van der Waals surface area contributed by atoms with E-state index in [-0.39, 0.29) is 11.7 Å². The van der Waals surface area contributed by atoms with Crippen molar-refractivity contribution >= 4 is 0 Å². The second kappa shape index (κ2) is 13.7. The van der Waals surface area contributed by atoms with Gasteiger partial charge in [-0.25, -0.2) is 19.4 Å². The van der Waals surface area contributed by atoms with Gasteiger partial charge in [0.25, 0.3) is 0 Å². The zero-order valence-corrected chi connectivity index (χ0v) is 16.2. The Morgan fingerprint density at radius 2 is 1.48 bits per heavy atom. The lowest BCUT2D eigenvalue weighted by atomic mass is 10.0. The van der Waals surface area contributed by atoms with Crippen molar-refractivity contribution in [3.63, 3.8) is 0 Å². The van der Waals surface area contributed by atoms with Crippen molar-refractivity contribution in [2.75, 3.05) is 0 Å². The zero-order chi connectivity index (χ0) is 18.3. The molecule has 0 aliphatic heterocycles. The summed E-state index contributed by atoms with van der Waals surface area (Å²) in [5, 5.41) is 2.60. The summed E-state index contributed by atoms with van der Waals surface area (Å²) in [4.78, 5) is 25.3. The number of allylic oxidation sites excluding steroid dienone is 2. The Bertz CT molecular complexity index is 568. The Balaban J connectivity index is 2.14. The van der Waals surface area contributed by atoms with Crippen LogP contribution in [0.5, 0.6) is 0 Å². The molecule has 0 saturated carbocycles. The van der Waals surface area contributed by atoms with E-state index in [0.29, 0.717) is 0 Å². The number of aromatic nitrogens is 3. The van der Waals surface area contributed by atoms with E-state index < -0.39 is 5.69 Å². The van der Waals surface area contributed by atoms with Crippen molar-refractivity contribution in [1.29, 1.82) is 0 Å². The fourth-order valence-electron chi connectivity index (χ4n) is 3.26. The number of H-pyrrole nitrogens is 2. The van der Waals surface area contributed by atoms with E-state index in [2.05, 4.69) is 36.1 Å². The minimum absolute atomic E-state index is 0.101. The van der Waals surface area contributed by atoms with Crippen LogP contribution in [0.2, 0.25) is 0 Å². The third-order valence-corrected chi connectivity index (χ3v) is 4.70. The first kappa shape index (κ1) is 21.5. The molecule has 0 aromatic carbocycles. The fraction of sp³-hybridized carbons (Fsp3) is 0.800. The molecule has 1 aromatic rings. The van der Waals surface area contributed by atoms with E-state index in [1.54, 1.807) is 0 Å². The molecule has 5 nitrogen and oxygen atoms in total. The van der Waals surface area contributed by atoms with Crippen LogP contribution in [0, 0.1) is 0 Å². The quantitative estimate of drug-likeness (QED) is 0.342. The second-order valence-corrected chi connectivity index (χ2v) is 7.00. The van der Waals surface area contributed by atoms with Gasteiger partial charge in [-0.2, -0.15) is 0 Å². The Morgan fingerprint density at radius 1 is 0.840 bits per heavy atom. The van der Waals surface area contributed by atoms with Gasteiger partial charge >= 0.3 is 11.4 Å². The molecule has 2 N–H and O–H groups in total. The van der Waals surface area contributed by atoms with E-state index in [4.69, 9.17) is 0 Å². The van der Waals surface area contributed by atoms with E-state index in [1.165, 1.54) is 49.6 Å². The van der Waals surface area contributed by atoms with Gasteiger partial charge in [0, 0.05) is 0 Å². The number of nitrogens with zero attached hydrogens (tertiary/aromatic N) is 1. The minimum Gasteiger partial charge on any atom is -0.257 e. The number of aromatic amines is 2. The standard InChI is InChI=1S/C20H37N3O2/c1-3-5-6-7-8-9-10-11-12-13-14-15-17-18(16-4-2)23-20(25)21-19(24)22-23/h11-12,18H,3-10,13-17H2,1-2H3,(H2,21,22,24,25). The van der Waals surface area contributed by atoms with Crippen molar-refractivity contribution in [1.82, 2.24) is 14.8 Å². The van der Waals surface area contributed by atoms with Crippen molar-refractivity contribution in [3.05, 3.63) is 33.1 Å². The van der Waals surface area contributed by atoms with Gasteiger partial charge in [0.15, 0.2) is 0 Å². The van der Waals surface area contributed by atoms with Gasteiger partial charge in [-0.05, 0) is 38.5 Å². The molecule has 0 radical (unpaired) electrons. The molecule has 0 fully saturated rings. The predicted molar refractivity (Wildman–Crippen MR) is 105 cm³/mol. The molecule has 0 bridgehead atoms. The number of hydrogen-bond donors (Lipinski definition) is 2. The van der Waals surface area contributed by atoms with Crippen LogP contribution in [0.15, 0.2) is 21.7 Å². The Labute approximate surface area is 151 Å². The lowest BCUT2D eigenvalue weighted by Gasteiger charge is -2.15.